The molecule has 3 amide bonds. The topological polar surface area (TPSA) is 157 Å². The van der Waals surface area contributed by atoms with Crippen molar-refractivity contribution in [2.45, 2.75) is 74.3 Å². The first-order valence-electron chi connectivity index (χ1n) is 12.2. The van der Waals surface area contributed by atoms with Gasteiger partial charge in [0.2, 0.25) is 5.91 Å². The first-order valence-corrected chi connectivity index (χ1v) is 12.2. The number of nitrogens with two attached hydrogens (primary N) is 1. The molecule has 0 radical (unpaired) electrons. The summed E-state index contributed by atoms with van der Waals surface area (Å²) >= 11 is 0. The van der Waals surface area contributed by atoms with Crippen LogP contribution in [0.3, 0.4) is 0 Å². The van der Waals surface area contributed by atoms with Crippen molar-refractivity contribution < 1.29 is 33.8 Å². The van der Waals surface area contributed by atoms with Gasteiger partial charge in [0.05, 0.1) is 10.8 Å². The van der Waals surface area contributed by atoms with Gasteiger partial charge in [0.1, 0.15) is 13.2 Å². The van der Waals surface area contributed by atoms with Crippen LogP contribution in [-0.4, -0.2) is 41.3 Å². The van der Waals surface area contributed by atoms with E-state index in [9.17, 15) is 19.2 Å². The maximum atomic E-state index is 11.6. The highest BCUT2D eigenvalue weighted by molar-refractivity contribution is 5.81. The summed E-state index contributed by atoms with van der Waals surface area (Å²) in [7, 11) is 0. The summed E-state index contributed by atoms with van der Waals surface area (Å²) in [4.78, 5) is 45.5. The monoisotopic (exact) mass is 545 g/mol. The lowest BCUT2D eigenvalue weighted by atomic mass is 9.85. The van der Waals surface area contributed by atoms with Crippen LogP contribution in [0.25, 0.3) is 0 Å². The van der Waals surface area contributed by atoms with E-state index in [4.69, 9.17) is 20.3 Å². The van der Waals surface area contributed by atoms with E-state index in [0.29, 0.717) is 0 Å². The summed E-state index contributed by atoms with van der Waals surface area (Å²) in [6, 6.07) is 17.7. The fraction of sp³-hybridized carbons (Fsp3) is 0.448. The molecule has 0 saturated carbocycles. The molecule has 216 valence electrons. The molecule has 2 aromatic rings. The van der Waals surface area contributed by atoms with Crippen LogP contribution < -0.4 is 16.4 Å². The Morgan fingerprint density at radius 1 is 0.744 bits per heavy atom. The smallest absolute Gasteiger partial charge is 0.407 e. The number of hydrogen-bond donors (Lipinski definition) is 4. The lowest BCUT2D eigenvalue weighted by Crippen LogP contribution is -2.49. The highest BCUT2D eigenvalue weighted by atomic mass is 16.6. The van der Waals surface area contributed by atoms with Crippen LogP contribution in [0.5, 0.6) is 0 Å². The lowest BCUT2D eigenvalue weighted by molar-refractivity contribution is -0.148. The van der Waals surface area contributed by atoms with Crippen molar-refractivity contribution in [3.05, 3.63) is 71.8 Å². The number of rotatable bonds is 10. The van der Waals surface area contributed by atoms with Crippen molar-refractivity contribution in [3.63, 3.8) is 0 Å². The van der Waals surface area contributed by atoms with Crippen molar-refractivity contribution in [1.29, 1.82) is 0 Å². The second-order valence-electron chi connectivity index (χ2n) is 9.97. The van der Waals surface area contributed by atoms with Crippen molar-refractivity contribution in [2.75, 3.05) is 0 Å². The van der Waals surface area contributed by atoms with Crippen LogP contribution in [-0.2, 0) is 32.3 Å². The molecule has 39 heavy (non-hydrogen) atoms. The van der Waals surface area contributed by atoms with Crippen LogP contribution in [0.1, 0.15) is 60.1 Å². The van der Waals surface area contributed by atoms with E-state index >= 15 is 0 Å². The predicted molar refractivity (Wildman–Crippen MR) is 150 cm³/mol. The third-order valence-corrected chi connectivity index (χ3v) is 6.45. The molecule has 0 heterocycles. The summed E-state index contributed by atoms with van der Waals surface area (Å²) in [5.41, 5.74) is 5.18. The molecule has 0 bridgehead atoms. The SMILES string of the molecule is C.C[C@@H](NC(=O)OCc1ccccc1)C(C)(C)C(=O)O.C[C@@H](NC(=O)OCc1ccccc1)C(C)(C)C(N)=O. The van der Waals surface area contributed by atoms with Gasteiger partial charge in [-0.2, -0.15) is 0 Å². The summed E-state index contributed by atoms with van der Waals surface area (Å²) in [6.07, 6.45) is -1.18. The summed E-state index contributed by atoms with van der Waals surface area (Å²) in [5, 5.41) is 14.2. The predicted octanol–water partition coefficient (Wildman–Crippen LogP) is 4.86. The number of benzene rings is 2. The van der Waals surface area contributed by atoms with Gasteiger partial charge < -0.3 is 30.9 Å². The van der Waals surface area contributed by atoms with E-state index in [1.807, 2.05) is 60.7 Å². The highest BCUT2D eigenvalue weighted by Gasteiger charge is 2.35. The molecule has 5 N–H and O–H groups in total. The zero-order valence-electron chi connectivity index (χ0n) is 22.8. The van der Waals surface area contributed by atoms with E-state index in [2.05, 4.69) is 10.6 Å². The molecular weight excluding hydrogens is 502 g/mol. The Hall–Kier alpha value is -4.08. The quantitative estimate of drug-likeness (QED) is 0.332. The van der Waals surface area contributed by atoms with E-state index in [1.165, 1.54) is 0 Å². The summed E-state index contributed by atoms with van der Waals surface area (Å²) in [5.74, 6) is -1.44. The minimum atomic E-state index is -1.05. The molecule has 10 heteroatoms. The first-order chi connectivity index (χ1) is 17.7. The highest BCUT2D eigenvalue weighted by Crippen LogP contribution is 2.21. The maximum Gasteiger partial charge on any atom is 0.407 e. The van der Waals surface area contributed by atoms with E-state index in [1.54, 1.807) is 41.5 Å². The van der Waals surface area contributed by atoms with Crippen molar-refractivity contribution >= 4 is 24.1 Å². The molecule has 2 rings (SSSR count). The van der Waals surface area contributed by atoms with Crippen LogP contribution >= 0.6 is 0 Å². The third kappa shape index (κ3) is 11.9. The van der Waals surface area contributed by atoms with Crippen molar-refractivity contribution in [1.82, 2.24) is 10.6 Å². The number of primary amides is 1. The molecule has 2 aromatic carbocycles. The standard InChI is InChI=1S/C14H20N2O3.C14H19NO4.CH4/c1-10(14(2,3)12(15)17)16-13(18)19-9-11-7-5-4-6-8-11;1-10(14(2,3)12(16)17)15-13(18)19-9-11-7-5-4-6-8-11;/h4-8,10H,9H2,1-3H3,(H2,15,17)(H,16,18);4-8,10H,9H2,1-3H3,(H,15,18)(H,16,17);1H4/t2*10-;/m11./s1. The minimum Gasteiger partial charge on any atom is -0.481 e. The van der Waals surface area contributed by atoms with Crippen LogP contribution in [0, 0.1) is 10.8 Å². The van der Waals surface area contributed by atoms with Gasteiger partial charge >= 0.3 is 18.2 Å². The fourth-order valence-electron chi connectivity index (χ4n) is 2.64. The molecular formula is C29H43N3O7. The molecule has 10 nitrogen and oxygen atoms in total. The summed E-state index contributed by atoms with van der Waals surface area (Å²) in [6.45, 7) is 10.2. The molecule has 0 fully saturated rings. The second kappa shape index (κ2) is 16.0. The average Bonchev–Trinajstić information content (AvgIpc) is 2.87. The Morgan fingerprint density at radius 3 is 1.38 bits per heavy atom. The lowest BCUT2D eigenvalue weighted by Gasteiger charge is -2.28. The van der Waals surface area contributed by atoms with Gasteiger partial charge in [-0.05, 0) is 52.7 Å². The molecule has 0 spiro atoms. The number of ether oxygens (including phenoxy) is 2. The van der Waals surface area contributed by atoms with Gasteiger partial charge in [0.25, 0.3) is 0 Å². The Morgan fingerprint density at radius 2 is 1.08 bits per heavy atom. The van der Waals surface area contributed by atoms with Gasteiger partial charge in [-0.25, -0.2) is 9.59 Å². The zero-order valence-corrected chi connectivity index (χ0v) is 22.8. The molecule has 0 unspecified atom stereocenters. The van der Waals surface area contributed by atoms with Gasteiger partial charge in [-0.3, -0.25) is 9.59 Å². The number of alkyl carbamates (subject to hydrolysis) is 2. The number of carboxylic acids is 1. The van der Waals surface area contributed by atoms with Crippen LogP contribution in [0.15, 0.2) is 60.7 Å². The molecule has 0 aromatic heterocycles. The Balaban J connectivity index is 0.000000722. The van der Waals surface area contributed by atoms with Crippen LogP contribution in [0.4, 0.5) is 9.59 Å². The first kappa shape index (κ1) is 34.9. The Bertz CT molecular complexity index is 972. The Labute approximate surface area is 231 Å². The number of carbonyl (C=O) groups excluding carboxylic acids is 3. The number of carboxylic acid groups (broad SMARTS) is 1. The van der Waals surface area contributed by atoms with Crippen molar-refractivity contribution in [2.24, 2.45) is 16.6 Å². The average molecular weight is 546 g/mol. The number of aliphatic carboxylic acids is 1. The van der Waals surface area contributed by atoms with Crippen LogP contribution in [0.2, 0.25) is 0 Å². The Kier molecular flexibility index (Phi) is 14.3. The minimum absolute atomic E-state index is 0. The molecule has 0 saturated heterocycles. The van der Waals surface area contributed by atoms with Crippen molar-refractivity contribution in [3.8, 4) is 0 Å². The van der Waals surface area contributed by atoms with Gasteiger partial charge in [0, 0.05) is 12.1 Å². The van der Waals surface area contributed by atoms with E-state index in [0.717, 1.165) is 11.1 Å². The third-order valence-electron chi connectivity index (χ3n) is 6.45. The number of hydrogen-bond acceptors (Lipinski definition) is 6. The number of amides is 3. The van der Waals surface area contributed by atoms with E-state index in [-0.39, 0.29) is 20.6 Å². The normalized spacial score (nSPS) is 12.3. The van der Waals surface area contributed by atoms with E-state index < -0.39 is 47.0 Å². The number of nitrogens with one attached hydrogen (secondary N) is 2. The molecule has 2 atom stereocenters. The van der Waals surface area contributed by atoms with Gasteiger partial charge in [-0.1, -0.05) is 68.1 Å². The maximum absolute atomic E-state index is 11.6. The summed E-state index contributed by atoms with van der Waals surface area (Å²) < 4.78 is 10.1. The van der Waals surface area contributed by atoms with Gasteiger partial charge in [0.15, 0.2) is 0 Å². The number of carbonyl (C=O) groups is 4. The molecule has 0 aliphatic rings. The second-order valence-corrected chi connectivity index (χ2v) is 9.97. The largest absolute Gasteiger partial charge is 0.481 e. The van der Waals surface area contributed by atoms with Gasteiger partial charge in [-0.15, -0.1) is 0 Å². The molecule has 0 aliphatic carbocycles. The molecule has 0 aliphatic heterocycles. The zero-order chi connectivity index (χ0) is 28.9. The fourth-order valence-corrected chi connectivity index (χ4v) is 2.64.